The van der Waals surface area contributed by atoms with Crippen molar-refractivity contribution in [2.24, 2.45) is 0 Å². The molecule has 2 aromatic carbocycles. The number of nitrogens with two attached hydrogens (primary N) is 1. The molecule has 0 aliphatic heterocycles. The van der Waals surface area contributed by atoms with E-state index < -0.39 is 5.41 Å². The van der Waals surface area contributed by atoms with Crippen molar-refractivity contribution in [3.8, 4) is 17.5 Å². The summed E-state index contributed by atoms with van der Waals surface area (Å²) >= 11 is 7.47. The van der Waals surface area contributed by atoms with Gasteiger partial charge in [-0.25, -0.2) is 9.66 Å². The van der Waals surface area contributed by atoms with Crippen LogP contribution in [0.4, 0.5) is 0 Å². The van der Waals surface area contributed by atoms with Crippen molar-refractivity contribution in [1.82, 2.24) is 9.66 Å². The predicted octanol–water partition coefficient (Wildman–Crippen LogP) is 4.44. The number of nitriles is 1. The Morgan fingerprint density at radius 3 is 2.60 bits per heavy atom. The number of benzene rings is 2. The first kappa shape index (κ1) is 18.9. The summed E-state index contributed by atoms with van der Waals surface area (Å²) in [6.07, 6.45) is 1.88. The molecular formula is C23H17ClN4OS. The first-order valence-electron chi connectivity index (χ1n) is 9.57. The van der Waals surface area contributed by atoms with Crippen LogP contribution in [0.15, 0.2) is 59.4 Å². The number of aromatic nitrogens is 2. The Morgan fingerprint density at radius 1 is 1.17 bits per heavy atom. The van der Waals surface area contributed by atoms with Gasteiger partial charge in [0.15, 0.2) is 5.82 Å². The van der Waals surface area contributed by atoms with Crippen molar-refractivity contribution in [1.29, 1.82) is 5.26 Å². The van der Waals surface area contributed by atoms with E-state index in [1.54, 1.807) is 24.3 Å². The minimum absolute atomic E-state index is 0.258. The average Bonchev–Trinajstić information content (AvgIpc) is 3.14. The predicted molar refractivity (Wildman–Crippen MR) is 120 cm³/mol. The lowest BCUT2D eigenvalue weighted by Crippen LogP contribution is -2.33. The molecule has 0 amide bonds. The normalized spacial score (nSPS) is 18.1. The highest BCUT2D eigenvalue weighted by Crippen LogP contribution is 2.43. The largest absolute Gasteiger partial charge is 0.334 e. The smallest absolute Gasteiger partial charge is 0.281 e. The number of rotatable bonds is 2. The number of nitrogen functional groups attached to an aromatic ring is 1. The van der Waals surface area contributed by atoms with Crippen molar-refractivity contribution >= 4 is 33.2 Å². The van der Waals surface area contributed by atoms with Gasteiger partial charge in [0.2, 0.25) is 0 Å². The van der Waals surface area contributed by atoms with Gasteiger partial charge in [-0.2, -0.15) is 5.26 Å². The molecule has 5 nitrogen and oxygen atoms in total. The summed E-state index contributed by atoms with van der Waals surface area (Å²) in [7, 11) is 0. The Kier molecular flexibility index (Phi) is 4.39. The topological polar surface area (TPSA) is 84.7 Å². The summed E-state index contributed by atoms with van der Waals surface area (Å²) < 4.78 is 1.11. The van der Waals surface area contributed by atoms with Crippen LogP contribution < -0.4 is 11.4 Å². The summed E-state index contributed by atoms with van der Waals surface area (Å²) in [5.41, 5.74) is 1.88. The van der Waals surface area contributed by atoms with Crippen LogP contribution in [0.5, 0.6) is 0 Å². The van der Waals surface area contributed by atoms with Gasteiger partial charge in [-0.3, -0.25) is 4.79 Å². The Bertz CT molecular complexity index is 1370. The standard InChI is InChI=1S/C23H17ClN4OS/c24-16-8-6-14(7-9-16)20-27-21-19(22(29)28(20)26)17-10-11-23(13-25,12-18(17)30-21)15-4-2-1-3-5-15/h1-9H,10-12,26H2. The third-order valence-corrected chi connectivity index (χ3v) is 7.23. The Labute approximate surface area is 182 Å². The molecule has 1 aliphatic carbocycles. The molecule has 7 heteroatoms. The molecule has 0 radical (unpaired) electrons. The van der Waals surface area contributed by atoms with Crippen LogP contribution in [-0.4, -0.2) is 9.66 Å². The monoisotopic (exact) mass is 432 g/mol. The van der Waals surface area contributed by atoms with E-state index >= 15 is 0 Å². The van der Waals surface area contributed by atoms with Gasteiger partial charge in [0, 0.05) is 21.9 Å². The number of fused-ring (bicyclic) bond motifs is 3. The Hall–Kier alpha value is -3.14. The molecule has 30 heavy (non-hydrogen) atoms. The van der Waals surface area contributed by atoms with Gasteiger partial charge >= 0.3 is 0 Å². The van der Waals surface area contributed by atoms with Gasteiger partial charge in [-0.05, 0) is 48.2 Å². The number of hydrogen-bond acceptors (Lipinski definition) is 5. The zero-order valence-corrected chi connectivity index (χ0v) is 17.5. The molecule has 2 aromatic heterocycles. The van der Waals surface area contributed by atoms with Crippen molar-refractivity contribution < 1.29 is 0 Å². The molecule has 4 aromatic rings. The summed E-state index contributed by atoms with van der Waals surface area (Å²) in [5.74, 6) is 6.54. The maximum absolute atomic E-state index is 13.1. The first-order chi connectivity index (χ1) is 14.5. The van der Waals surface area contributed by atoms with Crippen molar-refractivity contribution in [2.75, 3.05) is 5.84 Å². The first-order valence-corrected chi connectivity index (χ1v) is 10.8. The Morgan fingerprint density at radius 2 is 1.90 bits per heavy atom. The molecule has 0 fully saturated rings. The molecule has 0 bridgehead atoms. The van der Waals surface area contributed by atoms with Crippen LogP contribution in [0.3, 0.4) is 0 Å². The van der Waals surface area contributed by atoms with Gasteiger partial charge in [0.25, 0.3) is 5.56 Å². The van der Waals surface area contributed by atoms with Crippen LogP contribution in [0.2, 0.25) is 5.02 Å². The number of hydrogen-bond donors (Lipinski definition) is 1. The van der Waals surface area contributed by atoms with E-state index in [1.165, 1.54) is 11.3 Å². The molecule has 2 N–H and O–H groups in total. The number of thiophene rings is 1. The fourth-order valence-corrected chi connectivity index (χ4v) is 5.69. The molecule has 5 rings (SSSR count). The fraction of sp³-hybridized carbons (Fsp3) is 0.174. The highest BCUT2D eigenvalue weighted by atomic mass is 35.5. The van der Waals surface area contributed by atoms with E-state index in [2.05, 4.69) is 6.07 Å². The molecule has 0 saturated heterocycles. The molecule has 148 valence electrons. The summed E-state index contributed by atoms with van der Waals surface area (Å²) in [6, 6.07) is 19.5. The lowest BCUT2D eigenvalue weighted by Gasteiger charge is -2.31. The van der Waals surface area contributed by atoms with Gasteiger partial charge < -0.3 is 5.84 Å². The zero-order valence-electron chi connectivity index (χ0n) is 15.9. The number of nitrogens with zero attached hydrogens (tertiary/aromatic N) is 3. The Balaban J connectivity index is 1.66. The summed E-state index contributed by atoms with van der Waals surface area (Å²) in [4.78, 5) is 19.6. The molecule has 0 spiro atoms. The number of aryl methyl sites for hydroxylation is 1. The van der Waals surface area contributed by atoms with Gasteiger partial charge in [-0.15, -0.1) is 11.3 Å². The van der Waals surface area contributed by atoms with Crippen molar-refractivity contribution in [3.05, 3.63) is 86.0 Å². The maximum Gasteiger partial charge on any atom is 0.281 e. The van der Waals surface area contributed by atoms with Crippen molar-refractivity contribution in [3.63, 3.8) is 0 Å². The molecule has 1 atom stereocenters. The van der Waals surface area contributed by atoms with E-state index in [0.717, 1.165) is 26.2 Å². The highest BCUT2D eigenvalue weighted by molar-refractivity contribution is 7.18. The highest BCUT2D eigenvalue weighted by Gasteiger charge is 2.38. The van der Waals surface area contributed by atoms with Crippen molar-refractivity contribution in [2.45, 2.75) is 24.7 Å². The van der Waals surface area contributed by atoms with E-state index in [9.17, 15) is 10.1 Å². The van der Waals surface area contributed by atoms with Gasteiger partial charge in [0.05, 0.1) is 16.9 Å². The summed E-state index contributed by atoms with van der Waals surface area (Å²) in [5, 5.41) is 11.2. The second kappa shape index (κ2) is 6.98. The van der Waals surface area contributed by atoms with Crippen LogP contribution in [0, 0.1) is 11.3 Å². The van der Waals surface area contributed by atoms with Crippen LogP contribution in [0.1, 0.15) is 22.4 Å². The van der Waals surface area contributed by atoms with E-state index in [4.69, 9.17) is 22.4 Å². The van der Waals surface area contributed by atoms with E-state index in [1.807, 2.05) is 30.3 Å². The minimum atomic E-state index is -0.587. The van der Waals surface area contributed by atoms with Gasteiger partial charge in [0.1, 0.15) is 4.83 Å². The van der Waals surface area contributed by atoms with E-state index in [0.29, 0.717) is 40.3 Å². The molecule has 1 aliphatic rings. The SMILES string of the molecule is N#CC1(c2ccccc2)CCc2c(sc3nc(-c4ccc(Cl)cc4)n(N)c(=O)c23)C1. The second-order valence-corrected chi connectivity index (χ2v) is 9.06. The fourth-order valence-electron chi connectivity index (χ4n) is 4.24. The lowest BCUT2D eigenvalue weighted by atomic mass is 9.70. The lowest BCUT2D eigenvalue weighted by molar-refractivity contribution is 0.480. The molecule has 1 unspecified atom stereocenters. The third kappa shape index (κ3) is 2.82. The quantitative estimate of drug-likeness (QED) is 0.474. The second-order valence-electron chi connectivity index (χ2n) is 7.54. The molecular weight excluding hydrogens is 416 g/mol. The van der Waals surface area contributed by atoms with Crippen LogP contribution in [-0.2, 0) is 18.3 Å². The third-order valence-electron chi connectivity index (χ3n) is 5.85. The van der Waals surface area contributed by atoms with Crippen LogP contribution >= 0.6 is 22.9 Å². The number of halogens is 1. The maximum atomic E-state index is 13.1. The zero-order chi connectivity index (χ0) is 20.9. The minimum Gasteiger partial charge on any atom is -0.334 e. The summed E-state index contributed by atoms with van der Waals surface area (Å²) in [6.45, 7) is 0. The van der Waals surface area contributed by atoms with E-state index in [-0.39, 0.29) is 5.56 Å². The van der Waals surface area contributed by atoms with Gasteiger partial charge in [-0.1, -0.05) is 41.9 Å². The van der Waals surface area contributed by atoms with Crippen LogP contribution in [0.25, 0.3) is 21.6 Å². The average molecular weight is 433 g/mol. The molecule has 2 heterocycles. The molecule has 0 saturated carbocycles.